The molecule has 3 rings (SSSR count). The molecule has 0 saturated heterocycles. The van der Waals surface area contributed by atoms with Gasteiger partial charge >= 0.3 is 0 Å². The van der Waals surface area contributed by atoms with Gasteiger partial charge in [-0.1, -0.05) is 13.8 Å². The summed E-state index contributed by atoms with van der Waals surface area (Å²) in [6.07, 6.45) is 1.45. The quantitative estimate of drug-likeness (QED) is 0.924. The number of carbonyl (C=O) groups excluding carboxylic acids is 2. The first-order valence-electron chi connectivity index (χ1n) is 7.85. The fourth-order valence-corrected chi connectivity index (χ4v) is 3.57. The van der Waals surface area contributed by atoms with E-state index < -0.39 is 5.91 Å². The average molecular weight is 310 g/mol. The predicted molar refractivity (Wildman–Crippen MR) is 90.2 cm³/mol. The summed E-state index contributed by atoms with van der Waals surface area (Å²) in [6, 6.07) is 7.59. The van der Waals surface area contributed by atoms with E-state index in [-0.39, 0.29) is 11.2 Å². The molecule has 0 radical (unpaired) electrons. The largest absolute Gasteiger partial charge is 0.366 e. The van der Waals surface area contributed by atoms with Crippen molar-refractivity contribution in [2.24, 2.45) is 11.1 Å². The highest BCUT2D eigenvalue weighted by Gasteiger charge is 2.34. The van der Waals surface area contributed by atoms with Gasteiger partial charge in [-0.3, -0.25) is 9.59 Å². The van der Waals surface area contributed by atoms with E-state index in [0.29, 0.717) is 12.0 Å². The van der Waals surface area contributed by atoms with Gasteiger partial charge in [0, 0.05) is 34.6 Å². The van der Waals surface area contributed by atoms with Crippen LogP contribution in [-0.2, 0) is 6.42 Å². The minimum atomic E-state index is -0.420. The molecule has 1 aliphatic carbocycles. The lowest BCUT2D eigenvalue weighted by Crippen LogP contribution is -2.27. The van der Waals surface area contributed by atoms with E-state index >= 15 is 0 Å². The Labute approximate surface area is 136 Å². The molecule has 1 amide bonds. The Balaban J connectivity index is 2.17. The first kappa shape index (κ1) is 15.5. The van der Waals surface area contributed by atoms with Gasteiger partial charge in [0.05, 0.1) is 0 Å². The van der Waals surface area contributed by atoms with Crippen LogP contribution in [0.4, 0.5) is 0 Å². The second-order valence-electron chi connectivity index (χ2n) is 7.29. The topological polar surface area (TPSA) is 65.1 Å². The number of nitrogens with two attached hydrogens (primary N) is 1. The van der Waals surface area contributed by atoms with Gasteiger partial charge in [0.2, 0.25) is 5.91 Å². The second kappa shape index (κ2) is 5.08. The zero-order chi connectivity index (χ0) is 16.9. The van der Waals surface area contributed by atoms with Crippen molar-refractivity contribution in [3.05, 3.63) is 52.3 Å². The molecule has 4 nitrogen and oxygen atoms in total. The van der Waals surface area contributed by atoms with Crippen molar-refractivity contribution in [1.29, 1.82) is 0 Å². The number of amides is 1. The molecule has 2 N–H and O–H groups in total. The van der Waals surface area contributed by atoms with Crippen LogP contribution in [0.1, 0.15) is 57.9 Å². The third-order valence-corrected chi connectivity index (χ3v) is 4.61. The van der Waals surface area contributed by atoms with Crippen LogP contribution in [0.5, 0.6) is 0 Å². The molecule has 1 heterocycles. The molecule has 23 heavy (non-hydrogen) atoms. The molecule has 0 spiro atoms. The molecule has 0 atom stereocenters. The zero-order valence-corrected chi connectivity index (χ0v) is 14.1. The first-order chi connectivity index (χ1) is 10.7. The fraction of sp³-hybridized carbons (Fsp3) is 0.368. The Bertz CT molecular complexity index is 828. The molecule has 0 bridgehead atoms. The molecule has 2 aromatic rings. The lowest BCUT2D eigenvalue weighted by Gasteiger charge is -2.30. The second-order valence-corrected chi connectivity index (χ2v) is 7.29. The van der Waals surface area contributed by atoms with Crippen molar-refractivity contribution in [2.45, 2.75) is 40.5 Å². The number of benzene rings is 1. The highest BCUT2D eigenvalue weighted by molar-refractivity contribution is 5.99. The van der Waals surface area contributed by atoms with Gasteiger partial charge in [0.25, 0.3) is 0 Å². The van der Waals surface area contributed by atoms with E-state index in [1.165, 1.54) is 0 Å². The number of fused-ring (bicyclic) bond motifs is 1. The Kier molecular flexibility index (Phi) is 3.43. The summed E-state index contributed by atoms with van der Waals surface area (Å²) in [4.78, 5) is 23.9. The van der Waals surface area contributed by atoms with Crippen LogP contribution >= 0.6 is 0 Å². The number of aromatic nitrogens is 1. The maximum Gasteiger partial charge on any atom is 0.248 e. The van der Waals surface area contributed by atoms with Gasteiger partial charge < -0.3 is 10.3 Å². The molecule has 120 valence electrons. The summed E-state index contributed by atoms with van der Waals surface area (Å²) in [5.41, 5.74) is 10.6. The van der Waals surface area contributed by atoms with Crippen LogP contribution in [0, 0.1) is 19.3 Å². The number of primary amides is 1. The third kappa shape index (κ3) is 2.58. The summed E-state index contributed by atoms with van der Waals surface area (Å²) < 4.78 is 2.13. The monoisotopic (exact) mass is 310 g/mol. The highest BCUT2D eigenvalue weighted by atomic mass is 16.1. The molecule has 0 fully saturated rings. The molecule has 0 aliphatic heterocycles. The zero-order valence-electron chi connectivity index (χ0n) is 14.1. The summed E-state index contributed by atoms with van der Waals surface area (Å²) >= 11 is 0. The SMILES string of the molecule is Cc1cc(-n2c(C)cc3c2CC(C)(C)CC3=O)ccc1C(N)=O. The molecule has 4 heteroatoms. The number of nitrogens with zero attached hydrogens (tertiary/aromatic N) is 1. The van der Waals surface area contributed by atoms with Crippen LogP contribution in [0.25, 0.3) is 5.69 Å². The lowest BCUT2D eigenvalue weighted by atomic mass is 9.76. The Morgan fingerprint density at radius 1 is 1.17 bits per heavy atom. The van der Waals surface area contributed by atoms with Crippen molar-refractivity contribution in [2.75, 3.05) is 0 Å². The van der Waals surface area contributed by atoms with Crippen LogP contribution in [0.3, 0.4) is 0 Å². The van der Waals surface area contributed by atoms with Crippen LogP contribution in [0.2, 0.25) is 0 Å². The van der Waals surface area contributed by atoms with Crippen LogP contribution < -0.4 is 5.73 Å². The minimum Gasteiger partial charge on any atom is -0.366 e. The van der Waals surface area contributed by atoms with Crippen molar-refractivity contribution in [3.8, 4) is 5.69 Å². The van der Waals surface area contributed by atoms with E-state index in [2.05, 4.69) is 18.4 Å². The number of hydrogen-bond acceptors (Lipinski definition) is 2. The molecule has 1 aromatic heterocycles. The number of aryl methyl sites for hydroxylation is 2. The van der Waals surface area contributed by atoms with Gasteiger partial charge in [-0.2, -0.15) is 0 Å². The van der Waals surface area contributed by atoms with E-state index in [4.69, 9.17) is 5.73 Å². The van der Waals surface area contributed by atoms with Crippen molar-refractivity contribution in [1.82, 2.24) is 4.57 Å². The standard InChI is InChI=1S/C19H22N2O2/c1-11-7-13(5-6-14(11)18(20)23)21-12(2)8-15-16(21)9-19(3,4)10-17(15)22/h5-8H,9-10H2,1-4H3,(H2,20,23). The van der Waals surface area contributed by atoms with E-state index in [1.807, 2.05) is 32.0 Å². The number of Topliss-reactive ketones (excluding diaryl/α,β-unsaturated/α-hetero) is 1. The summed E-state index contributed by atoms with van der Waals surface area (Å²) in [6.45, 7) is 8.14. The normalized spacial score (nSPS) is 16.3. The Hall–Kier alpha value is -2.36. The number of carbonyl (C=O) groups is 2. The summed E-state index contributed by atoms with van der Waals surface area (Å²) in [5.74, 6) is -0.208. The summed E-state index contributed by atoms with van der Waals surface area (Å²) in [5, 5.41) is 0. The smallest absolute Gasteiger partial charge is 0.248 e. The van der Waals surface area contributed by atoms with Crippen molar-refractivity contribution >= 4 is 11.7 Å². The van der Waals surface area contributed by atoms with Gasteiger partial charge in [-0.25, -0.2) is 0 Å². The third-order valence-electron chi connectivity index (χ3n) is 4.61. The molecule has 1 aromatic carbocycles. The van der Waals surface area contributed by atoms with Crippen molar-refractivity contribution in [3.63, 3.8) is 0 Å². The molecular formula is C19H22N2O2. The highest BCUT2D eigenvalue weighted by Crippen LogP contribution is 2.37. The predicted octanol–water partition coefficient (Wildman–Crippen LogP) is 3.35. The molecular weight excluding hydrogens is 288 g/mol. The number of rotatable bonds is 2. The maximum atomic E-state index is 12.4. The van der Waals surface area contributed by atoms with E-state index in [9.17, 15) is 9.59 Å². The lowest BCUT2D eigenvalue weighted by molar-refractivity contribution is 0.0910. The molecule has 1 aliphatic rings. The minimum absolute atomic E-state index is 0.0329. The van der Waals surface area contributed by atoms with E-state index in [0.717, 1.165) is 34.6 Å². The van der Waals surface area contributed by atoms with Gasteiger partial charge in [0.1, 0.15) is 0 Å². The van der Waals surface area contributed by atoms with Gasteiger partial charge in [0.15, 0.2) is 5.78 Å². The Morgan fingerprint density at radius 2 is 1.87 bits per heavy atom. The Morgan fingerprint density at radius 3 is 2.48 bits per heavy atom. The van der Waals surface area contributed by atoms with E-state index in [1.54, 1.807) is 6.07 Å². The van der Waals surface area contributed by atoms with Gasteiger partial charge in [-0.05, 0) is 55.5 Å². The molecule has 0 unspecified atom stereocenters. The van der Waals surface area contributed by atoms with Gasteiger partial charge in [-0.15, -0.1) is 0 Å². The first-order valence-corrected chi connectivity index (χ1v) is 7.85. The number of hydrogen-bond donors (Lipinski definition) is 1. The number of ketones is 1. The maximum absolute atomic E-state index is 12.4. The van der Waals surface area contributed by atoms with Crippen LogP contribution in [0.15, 0.2) is 24.3 Å². The fourth-order valence-electron chi connectivity index (χ4n) is 3.57. The summed E-state index contributed by atoms with van der Waals surface area (Å²) in [7, 11) is 0. The average Bonchev–Trinajstić information content (AvgIpc) is 2.73. The van der Waals surface area contributed by atoms with Crippen LogP contribution in [-0.4, -0.2) is 16.3 Å². The van der Waals surface area contributed by atoms with Crippen molar-refractivity contribution < 1.29 is 9.59 Å². The molecule has 0 saturated carbocycles.